The van der Waals surface area contributed by atoms with Crippen LogP contribution in [0.3, 0.4) is 0 Å². The molecule has 0 atom stereocenters. The highest BCUT2D eigenvalue weighted by molar-refractivity contribution is 5.69. The van der Waals surface area contributed by atoms with Gasteiger partial charge in [-0.3, -0.25) is 5.10 Å². The van der Waals surface area contributed by atoms with Crippen LogP contribution in [0.4, 0.5) is 18.0 Å². The quantitative estimate of drug-likeness (QED) is 0.797. The molecule has 0 fully saturated rings. The first kappa shape index (κ1) is 16.6. The summed E-state index contributed by atoms with van der Waals surface area (Å²) < 4.78 is 44.4. The SMILES string of the molecule is CC(C)(C)OC(=O)N1Cc2c(C(F)(F)F)n[nH]c2C(C)(C)C1. The Balaban J connectivity index is 2.36. The molecule has 1 aliphatic heterocycles. The van der Waals surface area contributed by atoms with Crippen molar-refractivity contribution in [2.24, 2.45) is 0 Å². The molecule has 0 unspecified atom stereocenters. The van der Waals surface area contributed by atoms with Crippen molar-refractivity contribution in [2.45, 2.75) is 58.4 Å². The number of hydrogen-bond donors (Lipinski definition) is 1. The second-order valence-corrected chi connectivity index (χ2v) is 7.14. The molecule has 1 aromatic heterocycles. The van der Waals surface area contributed by atoms with E-state index >= 15 is 0 Å². The molecule has 22 heavy (non-hydrogen) atoms. The van der Waals surface area contributed by atoms with Crippen molar-refractivity contribution in [3.63, 3.8) is 0 Å². The maximum atomic E-state index is 13.0. The molecule has 0 saturated carbocycles. The van der Waals surface area contributed by atoms with Crippen LogP contribution >= 0.6 is 0 Å². The molecule has 124 valence electrons. The molecule has 2 heterocycles. The minimum atomic E-state index is -4.56. The van der Waals surface area contributed by atoms with Crippen LogP contribution in [0.15, 0.2) is 0 Å². The zero-order chi connectivity index (χ0) is 16.9. The minimum Gasteiger partial charge on any atom is -0.444 e. The molecule has 0 aliphatic carbocycles. The Morgan fingerprint density at radius 2 is 1.91 bits per heavy atom. The van der Waals surface area contributed by atoms with E-state index < -0.39 is 29.0 Å². The van der Waals surface area contributed by atoms with Gasteiger partial charge in [0.1, 0.15) is 5.60 Å². The van der Waals surface area contributed by atoms with Crippen molar-refractivity contribution in [3.8, 4) is 0 Å². The molecule has 0 radical (unpaired) electrons. The fraction of sp³-hybridized carbons (Fsp3) is 0.714. The van der Waals surface area contributed by atoms with E-state index in [0.29, 0.717) is 5.69 Å². The number of aromatic amines is 1. The summed E-state index contributed by atoms with van der Waals surface area (Å²) in [6.07, 6.45) is -5.18. The molecule has 1 aliphatic rings. The summed E-state index contributed by atoms with van der Waals surface area (Å²) >= 11 is 0. The molecule has 0 spiro atoms. The second kappa shape index (κ2) is 4.89. The second-order valence-electron chi connectivity index (χ2n) is 7.14. The Kier molecular flexibility index (Phi) is 3.70. The summed E-state index contributed by atoms with van der Waals surface area (Å²) in [7, 11) is 0. The average molecular weight is 319 g/mol. The predicted octanol–water partition coefficient (Wildman–Crippen LogP) is 3.46. The molecule has 0 saturated heterocycles. The van der Waals surface area contributed by atoms with Crippen LogP contribution in [0.25, 0.3) is 0 Å². The van der Waals surface area contributed by atoms with Crippen molar-refractivity contribution in [3.05, 3.63) is 17.0 Å². The number of halogens is 3. The van der Waals surface area contributed by atoms with Gasteiger partial charge in [0, 0.05) is 23.2 Å². The van der Waals surface area contributed by atoms with Crippen LogP contribution in [-0.4, -0.2) is 33.3 Å². The Morgan fingerprint density at radius 1 is 1.32 bits per heavy atom. The number of rotatable bonds is 0. The summed E-state index contributed by atoms with van der Waals surface area (Å²) in [5.41, 5.74) is -1.91. The van der Waals surface area contributed by atoms with Gasteiger partial charge in [-0.2, -0.15) is 18.3 Å². The Bertz CT molecular complexity index is 572. The van der Waals surface area contributed by atoms with E-state index in [1.165, 1.54) is 4.90 Å². The van der Waals surface area contributed by atoms with Crippen LogP contribution in [0.1, 0.15) is 51.6 Å². The normalized spacial score (nSPS) is 18.1. The first-order valence-electron chi connectivity index (χ1n) is 6.94. The molecule has 1 aromatic rings. The molecule has 1 amide bonds. The molecular weight excluding hydrogens is 299 g/mol. The van der Waals surface area contributed by atoms with E-state index in [1.807, 2.05) is 0 Å². The molecule has 5 nitrogen and oxygen atoms in total. The number of alkyl halides is 3. The zero-order valence-corrected chi connectivity index (χ0v) is 13.3. The van der Waals surface area contributed by atoms with E-state index in [4.69, 9.17) is 4.74 Å². The summed E-state index contributed by atoms with van der Waals surface area (Å²) in [5.74, 6) is 0. The Labute approximate surface area is 126 Å². The first-order chi connectivity index (χ1) is 9.81. The fourth-order valence-corrected chi connectivity index (χ4v) is 2.57. The third kappa shape index (κ3) is 3.20. The maximum Gasteiger partial charge on any atom is 0.435 e. The van der Waals surface area contributed by atoms with Crippen LogP contribution in [-0.2, 0) is 22.9 Å². The van der Waals surface area contributed by atoms with E-state index in [2.05, 4.69) is 10.2 Å². The number of aromatic nitrogens is 2. The molecule has 0 bridgehead atoms. The lowest BCUT2D eigenvalue weighted by Gasteiger charge is -2.38. The number of amides is 1. The van der Waals surface area contributed by atoms with Crippen LogP contribution in [0.5, 0.6) is 0 Å². The molecule has 2 rings (SSSR count). The Hall–Kier alpha value is -1.73. The van der Waals surface area contributed by atoms with E-state index in [0.717, 1.165) is 0 Å². The van der Waals surface area contributed by atoms with Crippen molar-refractivity contribution >= 4 is 6.09 Å². The Morgan fingerprint density at radius 3 is 2.41 bits per heavy atom. The molecular formula is C14H20F3N3O2. The van der Waals surface area contributed by atoms with Crippen molar-refractivity contribution < 1.29 is 22.7 Å². The number of hydrogen-bond acceptors (Lipinski definition) is 3. The highest BCUT2D eigenvalue weighted by atomic mass is 19.4. The number of nitrogens with one attached hydrogen (secondary N) is 1. The van der Waals surface area contributed by atoms with E-state index in [1.54, 1.807) is 34.6 Å². The average Bonchev–Trinajstić information content (AvgIpc) is 2.69. The third-order valence-electron chi connectivity index (χ3n) is 3.40. The topological polar surface area (TPSA) is 58.2 Å². The van der Waals surface area contributed by atoms with Gasteiger partial charge in [0.15, 0.2) is 5.69 Å². The van der Waals surface area contributed by atoms with Crippen LogP contribution in [0, 0.1) is 0 Å². The maximum absolute atomic E-state index is 13.0. The van der Waals surface area contributed by atoms with Crippen molar-refractivity contribution in [2.75, 3.05) is 6.54 Å². The fourth-order valence-electron chi connectivity index (χ4n) is 2.57. The number of nitrogens with zero attached hydrogens (tertiary/aromatic N) is 2. The highest BCUT2D eigenvalue weighted by Gasteiger charge is 2.45. The van der Waals surface area contributed by atoms with Gasteiger partial charge in [0.2, 0.25) is 0 Å². The van der Waals surface area contributed by atoms with Crippen molar-refractivity contribution in [1.82, 2.24) is 15.1 Å². The van der Waals surface area contributed by atoms with E-state index in [9.17, 15) is 18.0 Å². The minimum absolute atomic E-state index is 0.00890. The van der Waals surface area contributed by atoms with Gasteiger partial charge in [0.25, 0.3) is 0 Å². The lowest BCUT2D eigenvalue weighted by molar-refractivity contribution is -0.142. The summed E-state index contributed by atoms with van der Waals surface area (Å²) in [4.78, 5) is 13.5. The number of H-pyrrole nitrogens is 1. The first-order valence-corrected chi connectivity index (χ1v) is 6.94. The third-order valence-corrected chi connectivity index (χ3v) is 3.40. The summed E-state index contributed by atoms with van der Waals surface area (Å²) in [6.45, 7) is 8.76. The van der Waals surface area contributed by atoms with Gasteiger partial charge < -0.3 is 9.64 Å². The number of fused-ring (bicyclic) bond motifs is 1. The zero-order valence-electron chi connectivity index (χ0n) is 13.3. The van der Waals surface area contributed by atoms with Gasteiger partial charge in [0.05, 0.1) is 6.54 Å². The van der Waals surface area contributed by atoms with Gasteiger partial charge >= 0.3 is 12.3 Å². The van der Waals surface area contributed by atoms with Crippen LogP contribution in [0.2, 0.25) is 0 Å². The van der Waals surface area contributed by atoms with Gasteiger partial charge in [-0.25, -0.2) is 4.79 Å². The molecule has 0 aromatic carbocycles. The number of carbonyl (C=O) groups is 1. The van der Waals surface area contributed by atoms with Gasteiger partial charge in [-0.05, 0) is 20.8 Å². The van der Waals surface area contributed by atoms with Gasteiger partial charge in [-0.1, -0.05) is 13.8 Å². The summed E-state index contributed by atoms with van der Waals surface area (Å²) in [6, 6.07) is 0. The van der Waals surface area contributed by atoms with Crippen molar-refractivity contribution in [1.29, 1.82) is 0 Å². The van der Waals surface area contributed by atoms with E-state index in [-0.39, 0.29) is 18.7 Å². The highest BCUT2D eigenvalue weighted by Crippen LogP contribution is 2.39. The largest absolute Gasteiger partial charge is 0.444 e. The smallest absolute Gasteiger partial charge is 0.435 e. The van der Waals surface area contributed by atoms with Crippen LogP contribution < -0.4 is 0 Å². The predicted molar refractivity (Wildman–Crippen MR) is 73.3 cm³/mol. The summed E-state index contributed by atoms with van der Waals surface area (Å²) in [5, 5.41) is 5.89. The lowest BCUT2D eigenvalue weighted by atomic mass is 9.82. The van der Waals surface area contributed by atoms with Gasteiger partial charge in [-0.15, -0.1) is 0 Å². The number of ether oxygens (including phenoxy) is 1. The monoisotopic (exact) mass is 319 g/mol. The standard InChI is InChI=1S/C14H20F3N3O2/c1-12(2,3)22-11(21)20-6-8-9(13(4,5)7-20)18-19-10(8)14(15,16)17/h6-7H2,1-5H3,(H,18,19). The number of carbonyl (C=O) groups excluding carboxylic acids is 1. The molecule has 8 heteroatoms. The molecule has 1 N–H and O–H groups in total. The lowest BCUT2D eigenvalue weighted by Crippen LogP contribution is -2.47.